The van der Waals surface area contributed by atoms with Crippen LogP contribution in [0.4, 0.5) is 0 Å². The van der Waals surface area contributed by atoms with Crippen LogP contribution in [-0.4, -0.2) is 49.1 Å². The molecule has 8 heteroatoms. The lowest BCUT2D eigenvalue weighted by atomic mass is 10.6. The van der Waals surface area contributed by atoms with Gasteiger partial charge in [-0.3, -0.25) is 4.79 Å². The highest BCUT2D eigenvalue weighted by atomic mass is 32.2. The molecule has 16 heavy (non-hydrogen) atoms. The lowest BCUT2D eigenvalue weighted by Crippen LogP contribution is -2.40. The van der Waals surface area contributed by atoms with E-state index in [1.165, 1.54) is 0 Å². The van der Waals surface area contributed by atoms with Crippen LogP contribution in [-0.2, 0) is 19.6 Å². The minimum Gasteiger partial charge on any atom is -0.465 e. The first-order valence-corrected chi connectivity index (χ1v) is 6.77. The Bertz CT molecular complexity index is 353. The molecule has 0 saturated carbocycles. The molecule has 0 amide bonds. The van der Waals surface area contributed by atoms with Crippen molar-refractivity contribution in [1.29, 1.82) is 0 Å². The minimum absolute atomic E-state index is 0.0619. The van der Waals surface area contributed by atoms with Crippen molar-refractivity contribution in [3.05, 3.63) is 0 Å². The maximum absolute atomic E-state index is 11.7. The van der Waals surface area contributed by atoms with E-state index in [-0.39, 0.29) is 24.7 Å². The van der Waals surface area contributed by atoms with Crippen molar-refractivity contribution in [1.82, 2.24) is 4.31 Å². The number of carbonyl (C=O) groups excluding carboxylic acids is 1. The minimum atomic E-state index is -3.70. The van der Waals surface area contributed by atoms with Crippen LogP contribution in [0.25, 0.3) is 0 Å². The van der Waals surface area contributed by atoms with Gasteiger partial charge in [0.25, 0.3) is 0 Å². The highest BCUT2D eigenvalue weighted by Gasteiger charge is 2.25. The van der Waals surface area contributed by atoms with Gasteiger partial charge in [-0.1, -0.05) is 19.1 Å². The predicted molar refractivity (Wildman–Crippen MR) is 64.5 cm³/mol. The first kappa shape index (κ1) is 15.3. The van der Waals surface area contributed by atoms with Crippen LogP contribution in [0.1, 0.15) is 13.8 Å². The smallest absolute Gasteiger partial charge is 0.322 e. The van der Waals surface area contributed by atoms with E-state index in [2.05, 4.69) is 17.0 Å². The van der Waals surface area contributed by atoms with Gasteiger partial charge in [0.1, 0.15) is 0 Å². The van der Waals surface area contributed by atoms with Gasteiger partial charge in [0, 0.05) is 6.54 Å². The second kappa shape index (κ2) is 6.77. The van der Waals surface area contributed by atoms with Gasteiger partial charge in [-0.05, 0) is 6.92 Å². The van der Waals surface area contributed by atoms with E-state index in [1.807, 2.05) is 0 Å². The molecule has 0 rings (SSSR count). The standard InChI is InChI=1S/C8H16N2O4S2/c1-3-10(5-7(9)15)16(12,13)6-8(11)14-4-2/h3-6H2,1-2H3,(H2,9,15). The molecule has 0 fully saturated rings. The lowest BCUT2D eigenvalue weighted by molar-refractivity contribution is -0.140. The molecule has 0 radical (unpaired) electrons. The molecular weight excluding hydrogens is 252 g/mol. The van der Waals surface area contributed by atoms with E-state index in [4.69, 9.17) is 5.73 Å². The Labute approximate surface area is 101 Å². The van der Waals surface area contributed by atoms with Gasteiger partial charge in [0.2, 0.25) is 10.0 Å². The van der Waals surface area contributed by atoms with Gasteiger partial charge in [-0.2, -0.15) is 4.31 Å². The summed E-state index contributed by atoms with van der Waals surface area (Å²) in [6.45, 7) is 3.54. The Balaban J connectivity index is 4.61. The lowest BCUT2D eigenvalue weighted by Gasteiger charge is -2.18. The van der Waals surface area contributed by atoms with Crippen LogP contribution in [0, 0.1) is 0 Å². The number of hydrogen-bond acceptors (Lipinski definition) is 5. The number of ether oxygens (including phenoxy) is 1. The zero-order valence-corrected chi connectivity index (χ0v) is 10.9. The second-order valence-electron chi connectivity index (χ2n) is 2.95. The maximum atomic E-state index is 11.7. The number of sulfonamides is 1. The van der Waals surface area contributed by atoms with Gasteiger partial charge in [0.05, 0.1) is 18.1 Å². The number of thiocarbonyl (C=S) groups is 1. The van der Waals surface area contributed by atoms with Crippen molar-refractivity contribution in [2.75, 3.05) is 25.4 Å². The molecule has 2 N–H and O–H groups in total. The topological polar surface area (TPSA) is 89.7 Å². The third-order valence-electron chi connectivity index (χ3n) is 1.68. The summed E-state index contributed by atoms with van der Waals surface area (Å²) in [6.07, 6.45) is 0. The maximum Gasteiger partial charge on any atom is 0.322 e. The average molecular weight is 268 g/mol. The van der Waals surface area contributed by atoms with Crippen molar-refractivity contribution in [2.45, 2.75) is 13.8 Å². The number of carbonyl (C=O) groups is 1. The van der Waals surface area contributed by atoms with Crippen LogP contribution >= 0.6 is 12.2 Å². The fourth-order valence-corrected chi connectivity index (χ4v) is 2.55. The molecule has 0 aliphatic heterocycles. The Morgan fingerprint density at radius 3 is 2.38 bits per heavy atom. The Morgan fingerprint density at radius 1 is 1.44 bits per heavy atom. The Kier molecular flexibility index (Phi) is 6.46. The quantitative estimate of drug-likeness (QED) is 0.494. The molecule has 0 saturated heterocycles. The van der Waals surface area contributed by atoms with E-state index >= 15 is 0 Å². The van der Waals surface area contributed by atoms with Crippen LogP contribution in [0.3, 0.4) is 0 Å². The highest BCUT2D eigenvalue weighted by molar-refractivity contribution is 7.89. The van der Waals surface area contributed by atoms with Gasteiger partial charge in [0.15, 0.2) is 5.75 Å². The fourth-order valence-electron chi connectivity index (χ4n) is 1.02. The van der Waals surface area contributed by atoms with E-state index < -0.39 is 21.7 Å². The zero-order chi connectivity index (χ0) is 12.8. The van der Waals surface area contributed by atoms with Crippen molar-refractivity contribution in [2.24, 2.45) is 5.73 Å². The van der Waals surface area contributed by atoms with Crippen LogP contribution < -0.4 is 5.73 Å². The molecule has 0 aliphatic carbocycles. The van der Waals surface area contributed by atoms with Crippen molar-refractivity contribution in [3.8, 4) is 0 Å². The van der Waals surface area contributed by atoms with Crippen LogP contribution in [0.5, 0.6) is 0 Å². The fraction of sp³-hybridized carbons (Fsp3) is 0.750. The summed E-state index contributed by atoms with van der Waals surface area (Å²) in [6, 6.07) is 0. The van der Waals surface area contributed by atoms with Crippen molar-refractivity contribution >= 4 is 33.2 Å². The largest absolute Gasteiger partial charge is 0.465 e. The Morgan fingerprint density at radius 2 is 2.00 bits per heavy atom. The average Bonchev–Trinajstić information content (AvgIpc) is 2.12. The summed E-state index contributed by atoms with van der Waals surface area (Å²) in [4.78, 5) is 11.1. The summed E-state index contributed by atoms with van der Waals surface area (Å²) in [7, 11) is -3.70. The number of nitrogens with zero attached hydrogens (tertiary/aromatic N) is 1. The van der Waals surface area contributed by atoms with Gasteiger partial charge < -0.3 is 10.5 Å². The molecule has 0 aromatic carbocycles. The molecule has 0 aliphatic rings. The molecule has 0 unspecified atom stereocenters. The normalized spacial score (nSPS) is 11.4. The first-order valence-electron chi connectivity index (χ1n) is 4.75. The number of nitrogens with two attached hydrogens (primary N) is 1. The third-order valence-corrected chi connectivity index (χ3v) is 3.59. The number of esters is 1. The molecular formula is C8H16N2O4S2. The van der Waals surface area contributed by atoms with E-state index in [1.54, 1.807) is 13.8 Å². The summed E-state index contributed by atoms with van der Waals surface area (Å²) in [5.41, 5.74) is 5.26. The third kappa shape index (κ3) is 5.38. The molecule has 0 heterocycles. The summed E-state index contributed by atoms with van der Waals surface area (Å²) in [5.74, 6) is -1.46. The van der Waals surface area contributed by atoms with Gasteiger partial charge >= 0.3 is 5.97 Å². The summed E-state index contributed by atoms with van der Waals surface area (Å²) in [5, 5.41) is 0. The number of likely N-dealkylation sites (N-methyl/N-ethyl adjacent to an activating group) is 1. The molecule has 6 nitrogen and oxygen atoms in total. The highest BCUT2D eigenvalue weighted by Crippen LogP contribution is 2.02. The number of hydrogen-bond donors (Lipinski definition) is 1. The Hall–Kier alpha value is -0.730. The van der Waals surface area contributed by atoms with E-state index in [9.17, 15) is 13.2 Å². The summed E-state index contributed by atoms with van der Waals surface area (Å²) < 4.78 is 29.0. The summed E-state index contributed by atoms with van der Waals surface area (Å²) >= 11 is 4.63. The second-order valence-corrected chi connectivity index (χ2v) is 5.45. The first-order chi connectivity index (χ1) is 7.33. The van der Waals surface area contributed by atoms with Crippen LogP contribution in [0.2, 0.25) is 0 Å². The monoisotopic (exact) mass is 268 g/mol. The van der Waals surface area contributed by atoms with Crippen LogP contribution in [0.15, 0.2) is 0 Å². The van der Waals surface area contributed by atoms with Gasteiger partial charge in [-0.25, -0.2) is 8.42 Å². The predicted octanol–water partition coefficient (Wildman–Crippen LogP) is -0.513. The van der Waals surface area contributed by atoms with Crippen molar-refractivity contribution < 1.29 is 17.9 Å². The molecule has 94 valence electrons. The number of rotatable bonds is 7. The molecule has 0 atom stereocenters. The van der Waals surface area contributed by atoms with Crippen molar-refractivity contribution in [3.63, 3.8) is 0 Å². The van der Waals surface area contributed by atoms with E-state index in [0.29, 0.717) is 0 Å². The van der Waals surface area contributed by atoms with E-state index in [0.717, 1.165) is 4.31 Å². The molecule has 0 aromatic rings. The molecule has 0 bridgehead atoms. The molecule has 0 spiro atoms. The zero-order valence-electron chi connectivity index (χ0n) is 9.30. The SMILES string of the molecule is CCOC(=O)CS(=O)(=O)N(CC)CC(N)=S. The van der Waals surface area contributed by atoms with Gasteiger partial charge in [-0.15, -0.1) is 0 Å². The molecule has 0 aromatic heterocycles.